The average molecular weight is 417 g/mol. The highest BCUT2D eigenvalue weighted by molar-refractivity contribution is 5.61. The number of nitrogens with two attached hydrogens (primary N) is 1. The van der Waals surface area contributed by atoms with E-state index < -0.39 is 11.3 Å². The van der Waals surface area contributed by atoms with Crippen LogP contribution in [0.3, 0.4) is 0 Å². The van der Waals surface area contributed by atoms with Crippen molar-refractivity contribution in [3.05, 3.63) is 46.7 Å². The molecular formula is C25H28N4O2. The van der Waals surface area contributed by atoms with Crippen LogP contribution < -0.4 is 15.2 Å². The molecule has 6 nitrogen and oxygen atoms in total. The number of methoxy groups -OCH3 is 2. The van der Waals surface area contributed by atoms with Crippen molar-refractivity contribution in [2.45, 2.75) is 39.5 Å². The van der Waals surface area contributed by atoms with E-state index in [4.69, 9.17) is 15.2 Å². The Morgan fingerprint density at radius 1 is 1.10 bits per heavy atom. The number of benzene rings is 1. The third kappa shape index (κ3) is 3.41. The summed E-state index contributed by atoms with van der Waals surface area (Å²) in [6.07, 6.45) is 3.64. The molecule has 0 fully saturated rings. The molecular weight excluding hydrogens is 388 g/mol. The SMILES string of the molecule is COc1ccc(OC)c([C@@H]2[C@H]3C[C@@H](C(C)(C)C)CC=C3C(C#N)=C(N)C2(C#N)C#N)c1. The Morgan fingerprint density at radius 3 is 2.29 bits per heavy atom. The van der Waals surface area contributed by atoms with Gasteiger partial charge in [0.2, 0.25) is 0 Å². The number of ether oxygens (including phenoxy) is 2. The second-order valence-electron chi connectivity index (χ2n) is 9.32. The largest absolute Gasteiger partial charge is 0.497 e. The van der Waals surface area contributed by atoms with Gasteiger partial charge in [-0.25, -0.2) is 0 Å². The summed E-state index contributed by atoms with van der Waals surface area (Å²) in [4.78, 5) is 0. The molecule has 160 valence electrons. The van der Waals surface area contributed by atoms with E-state index in [1.54, 1.807) is 26.4 Å². The standard InChI is InChI=1S/C25H28N4O2/c1-24(2,3)15-6-8-17-18(10-15)22(19-11-16(30-4)7-9-21(19)31-5)25(13-27,14-28)23(29)20(17)12-26/h7-9,11,15,18,22H,6,10,29H2,1-5H3/t15-,18-,22-/m0/s1. The van der Waals surface area contributed by atoms with Crippen molar-refractivity contribution in [3.8, 4) is 29.7 Å². The maximum atomic E-state index is 10.3. The molecule has 0 spiro atoms. The predicted molar refractivity (Wildman–Crippen MR) is 117 cm³/mol. The number of nitriles is 3. The zero-order valence-electron chi connectivity index (χ0n) is 18.7. The van der Waals surface area contributed by atoms with Crippen LogP contribution in [0.15, 0.2) is 41.1 Å². The minimum absolute atomic E-state index is 0.0200. The van der Waals surface area contributed by atoms with Gasteiger partial charge < -0.3 is 15.2 Å². The van der Waals surface area contributed by atoms with E-state index in [1.807, 2.05) is 6.07 Å². The van der Waals surface area contributed by atoms with Crippen LogP contribution in [-0.4, -0.2) is 14.2 Å². The molecule has 0 aromatic heterocycles. The number of hydrogen-bond donors (Lipinski definition) is 1. The fraction of sp³-hybridized carbons (Fsp3) is 0.480. The fourth-order valence-electron chi connectivity index (χ4n) is 5.02. The highest BCUT2D eigenvalue weighted by Crippen LogP contribution is 2.59. The van der Waals surface area contributed by atoms with Gasteiger partial charge in [0.25, 0.3) is 0 Å². The van der Waals surface area contributed by atoms with Gasteiger partial charge in [0, 0.05) is 11.5 Å². The van der Waals surface area contributed by atoms with Crippen LogP contribution >= 0.6 is 0 Å². The molecule has 31 heavy (non-hydrogen) atoms. The fourth-order valence-corrected chi connectivity index (χ4v) is 5.02. The molecule has 0 amide bonds. The van der Waals surface area contributed by atoms with Gasteiger partial charge >= 0.3 is 0 Å². The first kappa shape index (κ1) is 22.3. The molecule has 1 aromatic rings. The Balaban J connectivity index is 2.37. The summed E-state index contributed by atoms with van der Waals surface area (Å²) in [6.45, 7) is 6.58. The van der Waals surface area contributed by atoms with E-state index >= 15 is 0 Å². The third-order valence-corrected chi connectivity index (χ3v) is 6.87. The summed E-state index contributed by atoms with van der Waals surface area (Å²) in [6, 6.07) is 11.9. The van der Waals surface area contributed by atoms with Crippen LogP contribution in [0.2, 0.25) is 0 Å². The van der Waals surface area contributed by atoms with Crippen molar-refractivity contribution < 1.29 is 9.47 Å². The van der Waals surface area contributed by atoms with Crippen LogP contribution in [0.4, 0.5) is 0 Å². The molecule has 2 aliphatic carbocycles. The highest BCUT2D eigenvalue weighted by atomic mass is 16.5. The second kappa shape index (κ2) is 8.01. The molecule has 0 heterocycles. The molecule has 0 unspecified atom stereocenters. The highest BCUT2D eigenvalue weighted by Gasteiger charge is 2.55. The Hall–Kier alpha value is -3.43. The van der Waals surface area contributed by atoms with E-state index in [-0.39, 0.29) is 22.6 Å². The van der Waals surface area contributed by atoms with Crippen LogP contribution in [0.5, 0.6) is 11.5 Å². The van der Waals surface area contributed by atoms with E-state index in [0.717, 1.165) is 18.4 Å². The van der Waals surface area contributed by atoms with Gasteiger partial charge in [-0.05, 0) is 53.9 Å². The summed E-state index contributed by atoms with van der Waals surface area (Å²) in [5.41, 5.74) is 6.56. The summed E-state index contributed by atoms with van der Waals surface area (Å²) in [7, 11) is 3.13. The lowest BCUT2D eigenvalue weighted by atomic mass is 9.54. The minimum atomic E-state index is -1.69. The molecule has 0 saturated heterocycles. The van der Waals surface area contributed by atoms with Crippen molar-refractivity contribution in [2.75, 3.05) is 14.2 Å². The number of nitrogens with zero attached hydrogens (tertiary/aromatic N) is 3. The lowest BCUT2D eigenvalue weighted by Crippen LogP contribution is -2.44. The summed E-state index contributed by atoms with van der Waals surface area (Å²) in [5, 5.41) is 30.4. The van der Waals surface area contributed by atoms with Crippen LogP contribution in [0.1, 0.15) is 45.1 Å². The average Bonchev–Trinajstić information content (AvgIpc) is 2.77. The lowest BCUT2D eigenvalue weighted by molar-refractivity contribution is 0.169. The monoisotopic (exact) mass is 416 g/mol. The van der Waals surface area contributed by atoms with Crippen LogP contribution in [0.25, 0.3) is 0 Å². The van der Waals surface area contributed by atoms with Crippen LogP contribution in [-0.2, 0) is 0 Å². The van der Waals surface area contributed by atoms with E-state index in [9.17, 15) is 15.8 Å². The van der Waals surface area contributed by atoms with Crippen molar-refractivity contribution in [1.29, 1.82) is 15.8 Å². The molecule has 0 radical (unpaired) electrons. The van der Waals surface area contributed by atoms with Gasteiger partial charge in [-0.1, -0.05) is 26.8 Å². The first-order valence-electron chi connectivity index (χ1n) is 10.3. The molecule has 3 rings (SSSR count). The Bertz CT molecular complexity index is 1060. The maximum absolute atomic E-state index is 10.3. The number of allylic oxidation sites excluding steroid dienone is 4. The Labute approximate surface area is 184 Å². The summed E-state index contributed by atoms with van der Waals surface area (Å²) < 4.78 is 11.1. The van der Waals surface area contributed by atoms with Gasteiger partial charge in [-0.2, -0.15) is 15.8 Å². The molecule has 1 aromatic carbocycles. The first-order valence-corrected chi connectivity index (χ1v) is 10.3. The summed E-state index contributed by atoms with van der Waals surface area (Å²) in [5.74, 6) is 0.671. The molecule has 6 heteroatoms. The van der Waals surface area contributed by atoms with Crippen molar-refractivity contribution in [3.63, 3.8) is 0 Å². The number of rotatable bonds is 3. The van der Waals surface area contributed by atoms with Gasteiger partial charge in [0.1, 0.15) is 17.6 Å². The second-order valence-corrected chi connectivity index (χ2v) is 9.32. The smallest absolute Gasteiger partial charge is 0.191 e. The molecule has 2 aliphatic rings. The van der Waals surface area contributed by atoms with E-state index in [2.05, 4.69) is 45.1 Å². The van der Waals surface area contributed by atoms with Gasteiger partial charge in [0.15, 0.2) is 5.41 Å². The minimum Gasteiger partial charge on any atom is -0.497 e. The topological polar surface area (TPSA) is 116 Å². The molecule has 0 aliphatic heterocycles. The van der Waals surface area contributed by atoms with Gasteiger partial charge in [-0.3, -0.25) is 0 Å². The maximum Gasteiger partial charge on any atom is 0.191 e. The van der Waals surface area contributed by atoms with Crippen LogP contribution in [0, 0.1) is 56.7 Å². The van der Waals surface area contributed by atoms with Gasteiger partial charge in [0.05, 0.1) is 37.6 Å². The molecule has 0 bridgehead atoms. The third-order valence-electron chi connectivity index (χ3n) is 6.87. The molecule has 2 N–H and O–H groups in total. The molecule has 0 saturated carbocycles. The van der Waals surface area contributed by atoms with Crippen molar-refractivity contribution in [1.82, 2.24) is 0 Å². The molecule has 3 atom stereocenters. The van der Waals surface area contributed by atoms with Gasteiger partial charge in [-0.15, -0.1) is 0 Å². The number of fused-ring (bicyclic) bond motifs is 1. The van der Waals surface area contributed by atoms with Crippen molar-refractivity contribution >= 4 is 0 Å². The number of hydrogen-bond acceptors (Lipinski definition) is 6. The van der Waals surface area contributed by atoms with E-state index in [0.29, 0.717) is 23.0 Å². The Morgan fingerprint density at radius 2 is 1.77 bits per heavy atom. The predicted octanol–water partition coefficient (Wildman–Crippen LogP) is 4.57. The lowest BCUT2D eigenvalue weighted by Gasteiger charge is -2.47. The zero-order valence-corrected chi connectivity index (χ0v) is 18.7. The van der Waals surface area contributed by atoms with E-state index in [1.165, 1.54) is 0 Å². The normalized spacial score (nSPS) is 24.7. The van der Waals surface area contributed by atoms with Crippen molar-refractivity contribution in [2.24, 2.45) is 28.4 Å². The summed E-state index contributed by atoms with van der Waals surface area (Å²) >= 11 is 0. The Kier molecular flexibility index (Phi) is 5.75. The first-order chi connectivity index (χ1) is 14.7. The quantitative estimate of drug-likeness (QED) is 0.771. The zero-order chi connectivity index (χ0) is 23.0.